The third kappa shape index (κ3) is 2.54. The van der Waals surface area contributed by atoms with Gasteiger partial charge in [-0.3, -0.25) is 4.68 Å². The molecule has 0 spiro atoms. The van der Waals surface area contributed by atoms with Gasteiger partial charge in [-0.1, -0.05) is 48.5 Å². The maximum absolute atomic E-state index is 5.96. The highest BCUT2D eigenvalue weighted by Gasteiger charge is 2.22. The molecule has 3 heterocycles. The van der Waals surface area contributed by atoms with Gasteiger partial charge < -0.3 is 13.9 Å². The molecule has 0 saturated heterocycles. The minimum atomic E-state index is -0.526. The van der Waals surface area contributed by atoms with Gasteiger partial charge in [0.2, 0.25) is 0 Å². The third-order valence-corrected chi connectivity index (χ3v) is 4.39. The highest BCUT2D eigenvalue weighted by atomic mass is 16.7. The molecule has 0 amide bonds. The van der Waals surface area contributed by atoms with Gasteiger partial charge in [0.25, 0.3) is 6.29 Å². The van der Waals surface area contributed by atoms with Crippen LogP contribution < -0.4 is 0 Å². The molecule has 2 aromatic carbocycles. The Hall–Kier alpha value is -3.47. The molecule has 0 radical (unpaired) electrons. The Kier molecular flexibility index (Phi) is 3.49. The van der Waals surface area contributed by atoms with Crippen LogP contribution in [-0.4, -0.2) is 9.78 Å². The summed E-state index contributed by atoms with van der Waals surface area (Å²) in [5, 5.41) is 5.87. The summed E-state index contributed by atoms with van der Waals surface area (Å²) in [5.41, 5.74) is 3.08. The fraction of sp³-hybridized carbons (Fsp3) is 0.0952. The molecule has 1 aliphatic heterocycles. The molecule has 0 atom stereocenters. The molecule has 4 aromatic rings. The lowest BCUT2D eigenvalue weighted by molar-refractivity contribution is -0.0400. The van der Waals surface area contributed by atoms with E-state index in [-0.39, 0.29) is 0 Å². The Balaban J connectivity index is 1.56. The van der Waals surface area contributed by atoms with Gasteiger partial charge in [0.1, 0.15) is 18.2 Å². The minimum Gasteiger partial charge on any atom is -0.452 e. The van der Waals surface area contributed by atoms with Crippen LogP contribution in [0, 0.1) is 0 Å². The first-order valence-corrected chi connectivity index (χ1v) is 8.44. The normalized spacial score (nSPS) is 13.8. The van der Waals surface area contributed by atoms with E-state index >= 15 is 0 Å². The van der Waals surface area contributed by atoms with E-state index < -0.39 is 6.29 Å². The van der Waals surface area contributed by atoms with Gasteiger partial charge in [-0.2, -0.15) is 5.10 Å². The largest absolute Gasteiger partial charge is 0.452 e. The van der Waals surface area contributed by atoms with E-state index in [1.807, 2.05) is 47.1 Å². The number of ether oxygens (including phenoxy) is 2. The van der Waals surface area contributed by atoms with Crippen LogP contribution in [0.3, 0.4) is 0 Å². The molecule has 1 aliphatic rings. The fourth-order valence-electron chi connectivity index (χ4n) is 3.17. The van der Waals surface area contributed by atoms with Gasteiger partial charge in [0, 0.05) is 5.39 Å². The van der Waals surface area contributed by atoms with Crippen molar-refractivity contribution in [1.82, 2.24) is 9.78 Å². The predicted octanol–water partition coefficient (Wildman–Crippen LogP) is 4.86. The number of para-hydroxylation sites is 1. The van der Waals surface area contributed by atoms with Gasteiger partial charge in [-0.15, -0.1) is 0 Å². The Labute approximate surface area is 150 Å². The fourth-order valence-corrected chi connectivity index (χ4v) is 3.17. The van der Waals surface area contributed by atoms with Gasteiger partial charge in [0.15, 0.2) is 11.5 Å². The number of hydrogen-bond donors (Lipinski definition) is 0. The quantitative estimate of drug-likeness (QED) is 0.530. The van der Waals surface area contributed by atoms with Crippen molar-refractivity contribution in [2.45, 2.75) is 12.8 Å². The molecule has 0 unspecified atom stereocenters. The summed E-state index contributed by atoms with van der Waals surface area (Å²) < 4.78 is 18.6. The lowest BCUT2D eigenvalue weighted by Gasteiger charge is -2.05. The first kappa shape index (κ1) is 14.8. The average molecular weight is 344 g/mol. The van der Waals surface area contributed by atoms with E-state index in [9.17, 15) is 0 Å². The Morgan fingerprint density at radius 1 is 0.846 bits per heavy atom. The zero-order valence-electron chi connectivity index (χ0n) is 13.9. The van der Waals surface area contributed by atoms with Crippen LogP contribution in [0.1, 0.15) is 17.6 Å². The molecule has 0 saturated carbocycles. The molecular weight excluding hydrogens is 328 g/mol. The summed E-state index contributed by atoms with van der Waals surface area (Å²) in [6.07, 6.45) is 2.50. The summed E-state index contributed by atoms with van der Waals surface area (Å²) in [5.74, 6) is 1.31. The average Bonchev–Trinajstić information content (AvgIpc) is 3.42. The van der Waals surface area contributed by atoms with Crippen LogP contribution in [0.2, 0.25) is 0 Å². The van der Waals surface area contributed by atoms with Crippen molar-refractivity contribution in [2.75, 3.05) is 0 Å². The standard InChI is InChI=1S/C21H16N2O3/c1-2-6-15(7-3-1)14-23-17-9-5-4-8-16(17)20(22-23)18-10-11-19(26-18)21-24-12-13-25-21/h1-13,21H,14H2. The maximum atomic E-state index is 5.96. The highest BCUT2D eigenvalue weighted by molar-refractivity contribution is 5.92. The zero-order chi connectivity index (χ0) is 17.3. The lowest BCUT2D eigenvalue weighted by Crippen LogP contribution is -2.01. The second-order valence-corrected chi connectivity index (χ2v) is 6.09. The molecule has 0 aliphatic carbocycles. The van der Waals surface area contributed by atoms with Crippen LogP contribution in [0.25, 0.3) is 22.4 Å². The topological polar surface area (TPSA) is 49.4 Å². The van der Waals surface area contributed by atoms with Crippen molar-refractivity contribution in [3.63, 3.8) is 0 Å². The summed E-state index contributed by atoms with van der Waals surface area (Å²) in [7, 11) is 0. The lowest BCUT2D eigenvalue weighted by atomic mass is 10.2. The minimum absolute atomic E-state index is 0.526. The number of hydrogen-bond acceptors (Lipinski definition) is 4. The number of rotatable bonds is 4. The zero-order valence-corrected chi connectivity index (χ0v) is 13.9. The molecule has 26 heavy (non-hydrogen) atoms. The van der Waals surface area contributed by atoms with Crippen molar-refractivity contribution < 1.29 is 13.9 Å². The monoisotopic (exact) mass is 344 g/mol. The number of nitrogens with zero attached hydrogens (tertiary/aromatic N) is 2. The molecule has 128 valence electrons. The number of furan rings is 1. The number of fused-ring (bicyclic) bond motifs is 1. The Morgan fingerprint density at radius 2 is 1.62 bits per heavy atom. The van der Waals surface area contributed by atoms with Crippen molar-refractivity contribution in [3.8, 4) is 11.5 Å². The van der Waals surface area contributed by atoms with Crippen molar-refractivity contribution in [3.05, 3.63) is 90.6 Å². The van der Waals surface area contributed by atoms with Crippen LogP contribution in [0.15, 0.2) is 83.7 Å². The Morgan fingerprint density at radius 3 is 2.46 bits per heavy atom. The van der Waals surface area contributed by atoms with Gasteiger partial charge in [0.05, 0.1) is 12.1 Å². The van der Waals surface area contributed by atoms with Gasteiger partial charge in [-0.25, -0.2) is 0 Å². The molecule has 0 N–H and O–H groups in total. The summed E-state index contributed by atoms with van der Waals surface area (Å²) in [6.45, 7) is 0.702. The predicted molar refractivity (Wildman–Crippen MR) is 97.0 cm³/mol. The second kappa shape index (κ2) is 6.11. The van der Waals surface area contributed by atoms with Crippen LogP contribution in [-0.2, 0) is 16.0 Å². The van der Waals surface area contributed by atoms with E-state index in [1.165, 1.54) is 18.1 Å². The third-order valence-electron chi connectivity index (χ3n) is 4.39. The van der Waals surface area contributed by atoms with Crippen LogP contribution in [0.4, 0.5) is 0 Å². The van der Waals surface area contributed by atoms with Gasteiger partial charge >= 0.3 is 0 Å². The molecule has 0 bridgehead atoms. The first-order chi connectivity index (χ1) is 12.9. The smallest absolute Gasteiger partial charge is 0.299 e. The molecule has 5 rings (SSSR count). The van der Waals surface area contributed by atoms with Gasteiger partial charge in [-0.05, 0) is 23.8 Å². The van der Waals surface area contributed by atoms with E-state index in [2.05, 4.69) is 24.3 Å². The molecule has 0 fully saturated rings. The summed E-state index contributed by atoms with van der Waals surface area (Å²) >= 11 is 0. The molecular formula is C21H16N2O3. The van der Waals surface area contributed by atoms with E-state index in [1.54, 1.807) is 0 Å². The summed E-state index contributed by atoms with van der Waals surface area (Å²) in [4.78, 5) is 0. The molecule has 5 heteroatoms. The SMILES string of the molecule is C1=COC(c2ccc(-c3nn(Cc4ccccc4)c4ccccc34)o2)O1. The maximum Gasteiger partial charge on any atom is 0.299 e. The van der Waals surface area contributed by atoms with Crippen LogP contribution >= 0.6 is 0 Å². The van der Waals surface area contributed by atoms with E-state index in [4.69, 9.17) is 19.0 Å². The number of benzene rings is 2. The van der Waals surface area contributed by atoms with E-state index in [0.29, 0.717) is 18.1 Å². The van der Waals surface area contributed by atoms with E-state index in [0.717, 1.165) is 16.6 Å². The van der Waals surface area contributed by atoms with Crippen LogP contribution in [0.5, 0.6) is 0 Å². The Bertz CT molecular complexity index is 1070. The second-order valence-electron chi connectivity index (χ2n) is 6.09. The molecule has 2 aromatic heterocycles. The van der Waals surface area contributed by atoms with Crippen molar-refractivity contribution >= 4 is 10.9 Å². The van der Waals surface area contributed by atoms with Crippen molar-refractivity contribution in [1.29, 1.82) is 0 Å². The summed E-state index contributed by atoms with van der Waals surface area (Å²) in [6, 6.07) is 22.2. The number of aromatic nitrogens is 2. The first-order valence-electron chi connectivity index (χ1n) is 8.44. The van der Waals surface area contributed by atoms with Crippen molar-refractivity contribution in [2.24, 2.45) is 0 Å². The molecule has 5 nitrogen and oxygen atoms in total. The highest BCUT2D eigenvalue weighted by Crippen LogP contribution is 2.33.